The first-order chi connectivity index (χ1) is 11.9. The zero-order chi connectivity index (χ0) is 18.4. The number of carbonyl (C=O) groups excluding carboxylic acids is 2. The van der Waals surface area contributed by atoms with Crippen molar-refractivity contribution in [2.24, 2.45) is 0 Å². The van der Waals surface area contributed by atoms with Gasteiger partial charge in [0.25, 0.3) is 0 Å². The normalized spacial score (nSPS) is 17.1. The van der Waals surface area contributed by atoms with E-state index >= 15 is 0 Å². The molecule has 1 aliphatic heterocycles. The molecule has 0 radical (unpaired) electrons. The number of hydrogen-bond donors (Lipinski definition) is 2. The SMILES string of the molecule is CCNC(=O)CN1CCN(C(C)C(=O)Nc2cc(C)ccc2C)CC1. The van der Waals surface area contributed by atoms with Gasteiger partial charge in [0.2, 0.25) is 11.8 Å². The lowest BCUT2D eigenvalue weighted by molar-refractivity contribution is -0.124. The summed E-state index contributed by atoms with van der Waals surface area (Å²) in [4.78, 5) is 28.6. The van der Waals surface area contributed by atoms with Crippen molar-refractivity contribution in [2.45, 2.75) is 33.7 Å². The van der Waals surface area contributed by atoms with Gasteiger partial charge in [-0.05, 0) is 44.9 Å². The first-order valence-corrected chi connectivity index (χ1v) is 9.02. The molecule has 0 spiro atoms. The maximum absolute atomic E-state index is 12.6. The van der Waals surface area contributed by atoms with Crippen molar-refractivity contribution in [3.63, 3.8) is 0 Å². The van der Waals surface area contributed by atoms with Crippen molar-refractivity contribution in [2.75, 3.05) is 44.6 Å². The fraction of sp³-hybridized carbons (Fsp3) is 0.579. The number of rotatable bonds is 6. The minimum Gasteiger partial charge on any atom is -0.355 e. The second-order valence-electron chi connectivity index (χ2n) is 6.75. The second-order valence-corrected chi connectivity index (χ2v) is 6.75. The molecule has 1 saturated heterocycles. The molecule has 1 aliphatic rings. The monoisotopic (exact) mass is 346 g/mol. The fourth-order valence-corrected chi connectivity index (χ4v) is 3.04. The zero-order valence-electron chi connectivity index (χ0n) is 15.8. The number of anilines is 1. The molecule has 1 aromatic rings. The summed E-state index contributed by atoms with van der Waals surface area (Å²) in [6.07, 6.45) is 0. The van der Waals surface area contributed by atoms with Gasteiger partial charge >= 0.3 is 0 Å². The number of carbonyl (C=O) groups is 2. The van der Waals surface area contributed by atoms with Gasteiger partial charge in [-0.25, -0.2) is 0 Å². The Kier molecular flexibility index (Phi) is 6.96. The summed E-state index contributed by atoms with van der Waals surface area (Å²) >= 11 is 0. The van der Waals surface area contributed by atoms with Crippen LogP contribution >= 0.6 is 0 Å². The molecule has 1 aromatic carbocycles. The van der Waals surface area contributed by atoms with Crippen LogP contribution in [0.2, 0.25) is 0 Å². The number of piperazine rings is 1. The van der Waals surface area contributed by atoms with Gasteiger partial charge in [0.15, 0.2) is 0 Å². The molecule has 138 valence electrons. The lowest BCUT2D eigenvalue weighted by Crippen LogP contribution is -2.54. The van der Waals surface area contributed by atoms with Gasteiger partial charge in [-0.3, -0.25) is 19.4 Å². The maximum atomic E-state index is 12.6. The van der Waals surface area contributed by atoms with E-state index in [-0.39, 0.29) is 17.9 Å². The molecule has 25 heavy (non-hydrogen) atoms. The Hall–Kier alpha value is -1.92. The molecule has 6 heteroatoms. The molecule has 1 atom stereocenters. The molecule has 2 amide bonds. The van der Waals surface area contributed by atoms with Crippen molar-refractivity contribution < 1.29 is 9.59 Å². The van der Waals surface area contributed by atoms with Crippen LogP contribution in [0.5, 0.6) is 0 Å². The summed E-state index contributed by atoms with van der Waals surface area (Å²) in [7, 11) is 0. The van der Waals surface area contributed by atoms with E-state index in [0.29, 0.717) is 13.1 Å². The van der Waals surface area contributed by atoms with Crippen molar-refractivity contribution >= 4 is 17.5 Å². The third kappa shape index (κ3) is 5.54. The van der Waals surface area contributed by atoms with Crippen LogP contribution in [0.15, 0.2) is 18.2 Å². The lowest BCUT2D eigenvalue weighted by atomic mass is 10.1. The van der Waals surface area contributed by atoms with E-state index in [9.17, 15) is 9.59 Å². The van der Waals surface area contributed by atoms with Crippen LogP contribution in [0, 0.1) is 13.8 Å². The lowest BCUT2D eigenvalue weighted by Gasteiger charge is -2.37. The smallest absolute Gasteiger partial charge is 0.241 e. The van der Waals surface area contributed by atoms with Crippen LogP contribution in [0.1, 0.15) is 25.0 Å². The first kappa shape index (κ1) is 19.4. The third-order valence-electron chi connectivity index (χ3n) is 4.73. The molecular formula is C19H30N4O2. The first-order valence-electron chi connectivity index (χ1n) is 9.02. The molecule has 2 rings (SSSR count). The summed E-state index contributed by atoms with van der Waals surface area (Å²) in [5.74, 6) is 0.0857. The highest BCUT2D eigenvalue weighted by molar-refractivity contribution is 5.95. The fourth-order valence-electron chi connectivity index (χ4n) is 3.04. The van der Waals surface area contributed by atoms with E-state index in [2.05, 4.69) is 20.4 Å². The predicted octanol–water partition coefficient (Wildman–Crippen LogP) is 1.38. The molecule has 0 aromatic heterocycles. The number of amides is 2. The van der Waals surface area contributed by atoms with E-state index in [0.717, 1.165) is 43.0 Å². The zero-order valence-corrected chi connectivity index (χ0v) is 15.8. The van der Waals surface area contributed by atoms with E-state index in [1.165, 1.54) is 0 Å². The van der Waals surface area contributed by atoms with Gasteiger partial charge in [0.1, 0.15) is 0 Å². The van der Waals surface area contributed by atoms with Crippen molar-refractivity contribution in [1.29, 1.82) is 0 Å². The van der Waals surface area contributed by atoms with Gasteiger partial charge in [-0.2, -0.15) is 0 Å². The molecule has 1 heterocycles. The van der Waals surface area contributed by atoms with E-state index in [1.807, 2.05) is 45.9 Å². The number of aryl methyl sites for hydroxylation is 2. The Morgan fingerprint density at radius 2 is 1.84 bits per heavy atom. The minimum absolute atomic E-state index is 0.0193. The van der Waals surface area contributed by atoms with Gasteiger partial charge < -0.3 is 10.6 Å². The standard InChI is InChI=1S/C19H30N4O2/c1-5-20-18(24)13-22-8-10-23(11-9-22)16(4)19(25)21-17-12-14(2)6-7-15(17)3/h6-7,12,16H,5,8-11,13H2,1-4H3,(H,20,24)(H,21,25). The topological polar surface area (TPSA) is 64.7 Å². The average molecular weight is 346 g/mol. The summed E-state index contributed by atoms with van der Waals surface area (Å²) in [5.41, 5.74) is 3.08. The van der Waals surface area contributed by atoms with E-state index < -0.39 is 0 Å². The van der Waals surface area contributed by atoms with Crippen LogP contribution in [0.4, 0.5) is 5.69 Å². The number of benzene rings is 1. The highest BCUT2D eigenvalue weighted by Gasteiger charge is 2.26. The Labute approximate surface area is 150 Å². The number of nitrogens with one attached hydrogen (secondary N) is 2. The van der Waals surface area contributed by atoms with Crippen molar-refractivity contribution in [1.82, 2.24) is 15.1 Å². The largest absolute Gasteiger partial charge is 0.355 e. The van der Waals surface area contributed by atoms with Crippen LogP contribution < -0.4 is 10.6 Å². The van der Waals surface area contributed by atoms with Gasteiger partial charge in [-0.15, -0.1) is 0 Å². The predicted molar refractivity (Wildman–Crippen MR) is 101 cm³/mol. The van der Waals surface area contributed by atoms with Gasteiger partial charge in [0, 0.05) is 38.4 Å². The molecular weight excluding hydrogens is 316 g/mol. The Morgan fingerprint density at radius 1 is 1.16 bits per heavy atom. The van der Waals surface area contributed by atoms with E-state index in [1.54, 1.807) is 0 Å². The molecule has 0 aliphatic carbocycles. The van der Waals surface area contributed by atoms with Crippen LogP contribution in [-0.2, 0) is 9.59 Å². The van der Waals surface area contributed by atoms with Crippen LogP contribution in [0.3, 0.4) is 0 Å². The Bertz CT molecular complexity index is 609. The minimum atomic E-state index is -0.188. The molecule has 2 N–H and O–H groups in total. The van der Waals surface area contributed by atoms with Crippen molar-refractivity contribution in [3.8, 4) is 0 Å². The summed E-state index contributed by atoms with van der Waals surface area (Å²) in [6, 6.07) is 5.88. The number of hydrogen-bond acceptors (Lipinski definition) is 4. The second kappa shape index (κ2) is 8.97. The maximum Gasteiger partial charge on any atom is 0.241 e. The molecule has 1 fully saturated rings. The highest BCUT2D eigenvalue weighted by atomic mass is 16.2. The summed E-state index contributed by atoms with van der Waals surface area (Å²) in [5, 5.41) is 5.87. The highest BCUT2D eigenvalue weighted by Crippen LogP contribution is 2.17. The molecule has 1 unspecified atom stereocenters. The van der Waals surface area contributed by atoms with Crippen molar-refractivity contribution in [3.05, 3.63) is 29.3 Å². The number of likely N-dealkylation sites (N-methyl/N-ethyl adjacent to an activating group) is 1. The number of nitrogens with zero attached hydrogens (tertiary/aromatic N) is 2. The molecule has 6 nitrogen and oxygen atoms in total. The molecule has 0 saturated carbocycles. The Balaban J connectivity index is 1.85. The third-order valence-corrected chi connectivity index (χ3v) is 4.73. The van der Waals surface area contributed by atoms with Crippen LogP contribution in [0.25, 0.3) is 0 Å². The van der Waals surface area contributed by atoms with Crippen LogP contribution in [-0.4, -0.2) is 66.9 Å². The average Bonchev–Trinajstić information content (AvgIpc) is 2.58. The summed E-state index contributed by atoms with van der Waals surface area (Å²) < 4.78 is 0. The van der Waals surface area contributed by atoms with E-state index in [4.69, 9.17) is 0 Å². The quantitative estimate of drug-likeness (QED) is 0.817. The van der Waals surface area contributed by atoms with Gasteiger partial charge in [0.05, 0.1) is 12.6 Å². The van der Waals surface area contributed by atoms with Gasteiger partial charge in [-0.1, -0.05) is 12.1 Å². The Morgan fingerprint density at radius 3 is 2.48 bits per heavy atom. The molecule has 0 bridgehead atoms. The summed E-state index contributed by atoms with van der Waals surface area (Å²) in [6.45, 7) is 12.2.